The van der Waals surface area contributed by atoms with Crippen LogP contribution in [0, 0.1) is 0 Å². The van der Waals surface area contributed by atoms with E-state index in [0.717, 1.165) is 24.6 Å². The number of rotatable bonds is 5. The summed E-state index contributed by atoms with van der Waals surface area (Å²) in [5.41, 5.74) is -0.215. The zero-order valence-corrected chi connectivity index (χ0v) is 10.8. The molecule has 4 heteroatoms. The number of alkyl halides is 1. The van der Waals surface area contributed by atoms with Crippen LogP contribution < -0.4 is 5.32 Å². The summed E-state index contributed by atoms with van der Waals surface area (Å²) in [4.78, 5) is 11.1. The summed E-state index contributed by atoms with van der Waals surface area (Å²) in [6, 6.07) is 0. The third-order valence-electron chi connectivity index (χ3n) is 1.49. The van der Waals surface area contributed by atoms with Crippen LogP contribution in [-0.4, -0.2) is 23.6 Å². The van der Waals surface area contributed by atoms with Crippen LogP contribution >= 0.6 is 15.9 Å². The van der Waals surface area contributed by atoms with Crippen molar-refractivity contribution in [2.24, 2.45) is 0 Å². The normalized spacial score (nSPS) is 11.1. The predicted octanol–water partition coefficient (Wildman–Crippen LogP) is 3.08. The van der Waals surface area contributed by atoms with Gasteiger partial charge in [0.05, 0.1) is 6.61 Å². The van der Waals surface area contributed by atoms with E-state index in [1.54, 1.807) is 0 Å². The first-order valence-electron chi connectivity index (χ1n) is 4.96. The molecule has 0 saturated carbocycles. The lowest BCUT2D eigenvalue weighted by Crippen LogP contribution is -2.41. The highest BCUT2D eigenvalue weighted by Gasteiger charge is 2.13. The van der Waals surface area contributed by atoms with E-state index in [1.807, 2.05) is 20.8 Å². The Labute approximate surface area is 94.7 Å². The first-order chi connectivity index (χ1) is 6.45. The zero-order chi connectivity index (χ0) is 11.0. The van der Waals surface area contributed by atoms with Crippen molar-refractivity contribution < 1.29 is 9.53 Å². The Bertz CT molecular complexity index is 166. The Morgan fingerprint density at radius 2 is 1.93 bits per heavy atom. The molecule has 0 aromatic carbocycles. The Morgan fingerprint density at radius 1 is 1.29 bits per heavy atom. The minimum Gasteiger partial charge on any atom is -0.450 e. The molecule has 0 radical (unpaired) electrons. The van der Waals surface area contributed by atoms with E-state index < -0.39 is 0 Å². The van der Waals surface area contributed by atoms with Gasteiger partial charge in [0.2, 0.25) is 0 Å². The summed E-state index contributed by atoms with van der Waals surface area (Å²) in [5, 5.41) is 3.75. The second-order valence-corrected chi connectivity index (χ2v) is 5.05. The van der Waals surface area contributed by atoms with Gasteiger partial charge in [0.1, 0.15) is 0 Å². The van der Waals surface area contributed by atoms with Crippen LogP contribution in [-0.2, 0) is 4.74 Å². The van der Waals surface area contributed by atoms with Gasteiger partial charge in [-0.3, -0.25) is 0 Å². The Kier molecular flexibility index (Phi) is 6.97. The summed E-state index contributed by atoms with van der Waals surface area (Å²) in [6.07, 6.45) is 2.83. The largest absolute Gasteiger partial charge is 0.450 e. The van der Waals surface area contributed by atoms with Gasteiger partial charge in [-0.1, -0.05) is 15.9 Å². The van der Waals surface area contributed by atoms with Crippen LogP contribution in [0.25, 0.3) is 0 Å². The molecule has 0 heterocycles. The average Bonchev–Trinajstić information content (AvgIpc) is 2.00. The molecule has 0 saturated heterocycles. The molecule has 0 aliphatic heterocycles. The van der Waals surface area contributed by atoms with Gasteiger partial charge in [-0.05, 0) is 40.0 Å². The summed E-state index contributed by atoms with van der Waals surface area (Å²) in [6.45, 7) is 6.30. The van der Waals surface area contributed by atoms with E-state index in [2.05, 4.69) is 21.2 Å². The van der Waals surface area contributed by atoms with Gasteiger partial charge in [0.25, 0.3) is 0 Å². The molecule has 0 spiro atoms. The van der Waals surface area contributed by atoms with Gasteiger partial charge in [-0.2, -0.15) is 0 Å². The summed E-state index contributed by atoms with van der Waals surface area (Å²) < 4.78 is 5.00. The van der Waals surface area contributed by atoms with E-state index in [0.29, 0.717) is 6.61 Å². The van der Waals surface area contributed by atoms with E-state index in [9.17, 15) is 4.79 Å². The first kappa shape index (κ1) is 13.8. The highest BCUT2D eigenvalue weighted by Crippen LogP contribution is 2.01. The second-order valence-electron chi connectivity index (χ2n) is 4.26. The summed E-state index contributed by atoms with van der Waals surface area (Å²) in [7, 11) is 0. The Hall–Kier alpha value is -0.250. The fraction of sp³-hybridized carbons (Fsp3) is 0.900. The molecule has 3 nitrogen and oxygen atoms in total. The molecular weight excluding hydrogens is 246 g/mol. The molecule has 84 valence electrons. The number of carbonyl (C=O) groups excluding carboxylic acids is 1. The number of amides is 1. The monoisotopic (exact) mass is 265 g/mol. The number of ether oxygens (including phenoxy) is 1. The third-order valence-corrected chi connectivity index (χ3v) is 2.05. The van der Waals surface area contributed by atoms with E-state index in [4.69, 9.17) is 4.74 Å². The number of alkyl carbamates (subject to hydrolysis) is 1. The van der Waals surface area contributed by atoms with Crippen molar-refractivity contribution in [3.05, 3.63) is 0 Å². The fourth-order valence-corrected chi connectivity index (χ4v) is 1.28. The highest BCUT2D eigenvalue weighted by atomic mass is 79.9. The van der Waals surface area contributed by atoms with Gasteiger partial charge >= 0.3 is 6.09 Å². The van der Waals surface area contributed by atoms with Crippen LogP contribution in [0.15, 0.2) is 0 Å². The number of carbonyl (C=O) groups is 1. The molecule has 0 aliphatic carbocycles. The van der Waals surface area contributed by atoms with Gasteiger partial charge < -0.3 is 10.1 Å². The maximum absolute atomic E-state index is 11.1. The molecule has 0 aliphatic rings. The molecule has 0 aromatic rings. The van der Waals surface area contributed by atoms with Crippen molar-refractivity contribution in [1.29, 1.82) is 0 Å². The minimum absolute atomic E-state index is 0.215. The van der Waals surface area contributed by atoms with Crippen LogP contribution in [0.1, 0.15) is 40.0 Å². The number of unbranched alkanes of at least 4 members (excludes halogenated alkanes) is 2. The van der Waals surface area contributed by atoms with Gasteiger partial charge in [0, 0.05) is 10.9 Å². The molecule has 0 bridgehead atoms. The van der Waals surface area contributed by atoms with Gasteiger partial charge in [-0.15, -0.1) is 0 Å². The minimum atomic E-state index is -0.323. The van der Waals surface area contributed by atoms with Crippen molar-refractivity contribution in [3.63, 3.8) is 0 Å². The van der Waals surface area contributed by atoms with Crippen LogP contribution in [0.4, 0.5) is 4.79 Å². The summed E-state index contributed by atoms with van der Waals surface area (Å²) >= 11 is 3.35. The Balaban J connectivity index is 3.36. The lowest BCUT2D eigenvalue weighted by molar-refractivity contribution is 0.135. The topological polar surface area (TPSA) is 38.3 Å². The highest BCUT2D eigenvalue weighted by molar-refractivity contribution is 9.09. The van der Waals surface area contributed by atoms with Crippen molar-refractivity contribution in [1.82, 2.24) is 5.32 Å². The third kappa shape index (κ3) is 9.84. The van der Waals surface area contributed by atoms with Crippen molar-refractivity contribution >= 4 is 22.0 Å². The molecule has 0 aromatic heterocycles. The lowest BCUT2D eigenvalue weighted by Gasteiger charge is -2.19. The van der Waals surface area contributed by atoms with Crippen molar-refractivity contribution in [2.45, 2.75) is 45.6 Å². The standard InChI is InChI=1S/C10H20BrNO2/c1-10(2,3)12-9(13)14-8-6-4-5-7-11/h4-8H2,1-3H3,(H,12,13). The molecular formula is C10H20BrNO2. The molecule has 1 amide bonds. The van der Waals surface area contributed by atoms with Crippen LogP contribution in [0.3, 0.4) is 0 Å². The molecule has 0 rings (SSSR count). The van der Waals surface area contributed by atoms with E-state index in [-0.39, 0.29) is 11.6 Å². The molecule has 1 N–H and O–H groups in total. The van der Waals surface area contributed by atoms with Crippen LogP contribution in [0.5, 0.6) is 0 Å². The molecule has 14 heavy (non-hydrogen) atoms. The molecule has 0 fully saturated rings. The predicted molar refractivity (Wildman–Crippen MR) is 61.9 cm³/mol. The number of hydrogen-bond donors (Lipinski definition) is 1. The quantitative estimate of drug-likeness (QED) is 0.613. The van der Waals surface area contributed by atoms with Gasteiger partial charge in [-0.25, -0.2) is 4.79 Å². The van der Waals surface area contributed by atoms with Crippen molar-refractivity contribution in [2.75, 3.05) is 11.9 Å². The zero-order valence-electron chi connectivity index (χ0n) is 9.23. The Morgan fingerprint density at radius 3 is 2.43 bits per heavy atom. The van der Waals surface area contributed by atoms with E-state index >= 15 is 0 Å². The van der Waals surface area contributed by atoms with E-state index in [1.165, 1.54) is 0 Å². The number of hydrogen-bond acceptors (Lipinski definition) is 2. The average molecular weight is 266 g/mol. The maximum atomic E-state index is 11.1. The molecule has 0 atom stereocenters. The van der Waals surface area contributed by atoms with Crippen molar-refractivity contribution in [3.8, 4) is 0 Å². The SMILES string of the molecule is CC(C)(C)NC(=O)OCCCCCBr. The fourth-order valence-electron chi connectivity index (χ4n) is 0.880. The second kappa shape index (κ2) is 7.10. The van der Waals surface area contributed by atoms with Crippen LogP contribution in [0.2, 0.25) is 0 Å². The molecule has 0 unspecified atom stereocenters. The lowest BCUT2D eigenvalue weighted by atomic mass is 10.1. The number of nitrogens with one attached hydrogen (secondary N) is 1. The smallest absolute Gasteiger partial charge is 0.407 e. The summed E-state index contributed by atoms with van der Waals surface area (Å²) in [5.74, 6) is 0. The van der Waals surface area contributed by atoms with Gasteiger partial charge in [0.15, 0.2) is 0 Å². The first-order valence-corrected chi connectivity index (χ1v) is 6.09. The maximum Gasteiger partial charge on any atom is 0.407 e. The number of halogens is 1.